The molecule has 116 valence electrons. The van der Waals surface area contributed by atoms with Crippen LogP contribution in [0.15, 0.2) is 18.2 Å². The molecule has 1 aromatic rings. The lowest BCUT2D eigenvalue weighted by Crippen LogP contribution is -2.36. The number of carbonyl (C=O) groups is 2. The molecule has 0 aliphatic heterocycles. The predicted octanol–water partition coefficient (Wildman–Crippen LogP) is 0.339. The number of hydrogen-bond acceptors (Lipinski definition) is 4. The summed E-state index contributed by atoms with van der Waals surface area (Å²) in [7, 11) is 3.34. The molecule has 1 rings (SSSR count). The van der Waals surface area contributed by atoms with Crippen LogP contribution in [0.4, 0.5) is 4.39 Å². The molecule has 6 nitrogen and oxygen atoms in total. The van der Waals surface area contributed by atoms with Gasteiger partial charge in [-0.1, -0.05) is 6.92 Å². The fourth-order valence-electron chi connectivity index (χ4n) is 1.77. The number of nitrogen functional groups attached to an aromatic ring is 1. The van der Waals surface area contributed by atoms with E-state index in [1.807, 2.05) is 12.3 Å². The summed E-state index contributed by atoms with van der Waals surface area (Å²) in [6.07, 6.45) is 0. The van der Waals surface area contributed by atoms with Gasteiger partial charge in [0, 0.05) is 31.8 Å². The minimum Gasteiger partial charge on any atom is -0.348 e. The normalized spacial score (nSPS) is 10.6. The minimum atomic E-state index is -0.483. The van der Waals surface area contributed by atoms with Crippen LogP contribution in [0.25, 0.3) is 0 Å². The quantitative estimate of drug-likeness (QED) is 0.451. The number of benzene rings is 1. The molecule has 0 aromatic heterocycles. The molecule has 0 saturated carbocycles. The minimum absolute atomic E-state index is 0.0619. The van der Waals surface area contributed by atoms with Crippen molar-refractivity contribution in [2.75, 3.05) is 27.2 Å². The first-order valence-corrected chi connectivity index (χ1v) is 6.60. The van der Waals surface area contributed by atoms with Crippen LogP contribution in [0, 0.1) is 5.82 Å². The molecular formula is C14H21FN4O2. The Morgan fingerprint density at radius 3 is 2.52 bits per heavy atom. The lowest BCUT2D eigenvalue weighted by Gasteiger charge is -2.22. The van der Waals surface area contributed by atoms with Crippen molar-refractivity contribution in [1.82, 2.24) is 15.2 Å². The largest absolute Gasteiger partial charge is 0.348 e. The fraction of sp³-hybridized carbons (Fsp3) is 0.429. The van der Waals surface area contributed by atoms with Crippen LogP contribution in [0.1, 0.15) is 22.8 Å². The third-order valence-corrected chi connectivity index (χ3v) is 3.14. The van der Waals surface area contributed by atoms with Gasteiger partial charge in [0.1, 0.15) is 5.82 Å². The number of hydrazine groups is 1. The summed E-state index contributed by atoms with van der Waals surface area (Å²) in [4.78, 5) is 26.5. The second-order valence-electron chi connectivity index (χ2n) is 4.87. The Kier molecular flexibility index (Phi) is 6.26. The fourth-order valence-corrected chi connectivity index (χ4v) is 1.77. The highest BCUT2D eigenvalue weighted by Gasteiger charge is 2.15. The SMILES string of the molecule is CCN(CC(=O)N(C)C)Cc1cc(C(=O)NN)ccc1F. The molecule has 0 saturated heterocycles. The molecule has 0 aliphatic rings. The number of nitrogens with two attached hydrogens (primary N) is 1. The number of carbonyl (C=O) groups excluding carboxylic acids is 2. The molecule has 0 radical (unpaired) electrons. The van der Waals surface area contributed by atoms with Crippen molar-refractivity contribution in [2.45, 2.75) is 13.5 Å². The van der Waals surface area contributed by atoms with Gasteiger partial charge < -0.3 is 4.90 Å². The molecule has 3 N–H and O–H groups in total. The Morgan fingerprint density at radius 1 is 1.33 bits per heavy atom. The second-order valence-corrected chi connectivity index (χ2v) is 4.87. The van der Waals surface area contributed by atoms with E-state index in [2.05, 4.69) is 0 Å². The maximum atomic E-state index is 13.8. The number of halogens is 1. The van der Waals surface area contributed by atoms with Crippen LogP contribution in [-0.2, 0) is 11.3 Å². The summed E-state index contributed by atoms with van der Waals surface area (Å²) in [5.41, 5.74) is 2.64. The lowest BCUT2D eigenvalue weighted by atomic mass is 10.1. The first-order valence-electron chi connectivity index (χ1n) is 6.60. The Balaban J connectivity index is 2.88. The average molecular weight is 296 g/mol. The standard InChI is InChI=1S/C14H21FN4O2/c1-4-19(9-13(20)18(2)3)8-11-7-10(14(21)17-16)5-6-12(11)15/h5-7H,4,8-9,16H2,1-3H3,(H,17,21). The van der Waals surface area contributed by atoms with E-state index < -0.39 is 11.7 Å². The van der Waals surface area contributed by atoms with E-state index in [4.69, 9.17) is 5.84 Å². The maximum Gasteiger partial charge on any atom is 0.265 e. The van der Waals surface area contributed by atoms with Crippen LogP contribution in [0.2, 0.25) is 0 Å². The van der Waals surface area contributed by atoms with Crippen LogP contribution >= 0.6 is 0 Å². The van der Waals surface area contributed by atoms with Gasteiger partial charge in [-0.3, -0.25) is 19.9 Å². The topological polar surface area (TPSA) is 78.7 Å². The molecule has 21 heavy (non-hydrogen) atoms. The first kappa shape index (κ1) is 17.1. The third kappa shape index (κ3) is 4.80. The predicted molar refractivity (Wildman–Crippen MR) is 77.7 cm³/mol. The van der Waals surface area contributed by atoms with Crippen molar-refractivity contribution in [3.8, 4) is 0 Å². The number of amides is 2. The van der Waals surface area contributed by atoms with E-state index in [0.29, 0.717) is 12.1 Å². The van der Waals surface area contributed by atoms with Gasteiger partial charge in [0.15, 0.2) is 0 Å². The summed E-state index contributed by atoms with van der Waals surface area (Å²) in [6.45, 7) is 2.91. The number of hydrogen-bond donors (Lipinski definition) is 2. The molecule has 0 fully saturated rings. The zero-order valence-corrected chi connectivity index (χ0v) is 12.5. The van der Waals surface area contributed by atoms with Crippen molar-refractivity contribution in [1.29, 1.82) is 0 Å². The number of likely N-dealkylation sites (N-methyl/N-ethyl adjacent to an activating group) is 2. The van der Waals surface area contributed by atoms with E-state index in [1.54, 1.807) is 19.0 Å². The summed E-state index contributed by atoms with van der Waals surface area (Å²) < 4.78 is 13.8. The van der Waals surface area contributed by atoms with E-state index in [1.165, 1.54) is 23.1 Å². The third-order valence-electron chi connectivity index (χ3n) is 3.14. The molecule has 7 heteroatoms. The molecule has 0 spiro atoms. The first-order chi connectivity index (χ1) is 9.88. The maximum absolute atomic E-state index is 13.8. The Labute approximate surface area is 123 Å². The van der Waals surface area contributed by atoms with E-state index in [9.17, 15) is 14.0 Å². The Bertz CT molecular complexity index is 520. The molecule has 0 atom stereocenters. The van der Waals surface area contributed by atoms with Crippen molar-refractivity contribution >= 4 is 11.8 Å². The Morgan fingerprint density at radius 2 is 2.00 bits per heavy atom. The smallest absolute Gasteiger partial charge is 0.265 e. The second kappa shape index (κ2) is 7.70. The van der Waals surface area contributed by atoms with Crippen LogP contribution in [-0.4, -0.2) is 48.8 Å². The average Bonchev–Trinajstić information content (AvgIpc) is 2.47. The highest BCUT2D eigenvalue weighted by atomic mass is 19.1. The van der Waals surface area contributed by atoms with Gasteiger partial charge in [0.25, 0.3) is 5.91 Å². The van der Waals surface area contributed by atoms with Crippen LogP contribution < -0.4 is 11.3 Å². The molecule has 0 bridgehead atoms. The highest BCUT2D eigenvalue weighted by molar-refractivity contribution is 5.93. The number of rotatable bonds is 6. The van der Waals surface area contributed by atoms with Gasteiger partial charge in [0.2, 0.25) is 5.91 Å². The zero-order valence-electron chi connectivity index (χ0n) is 12.5. The van der Waals surface area contributed by atoms with Crippen molar-refractivity contribution in [3.63, 3.8) is 0 Å². The summed E-state index contributed by atoms with van der Waals surface area (Å²) in [6, 6.07) is 4.03. The van der Waals surface area contributed by atoms with E-state index in [-0.39, 0.29) is 24.6 Å². The summed E-state index contributed by atoms with van der Waals surface area (Å²) >= 11 is 0. The lowest BCUT2D eigenvalue weighted by molar-refractivity contribution is -0.130. The summed E-state index contributed by atoms with van der Waals surface area (Å²) in [5, 5.41) is 0. The monoisotopic (exact) mass is 296 g/mol. The van der Waals surface area contributed by atoms with Gasteiger partial charge in [-0.15, -0.1) is 0 Å². The van der Waals surface area contributed by atoms with E-state index in [0.717, 1.165) is 0 Å². The molecule has 0 unspecified atom stereocenters. The van der Waals surface area contributed by atoms with Crippen LogP contribution in [0.3, 0.4) is 0 Å². The van der Waals surface area contributed by atoms with Gasteiger partial charge in [-0.05, 0) is 24.7 Å². The van der Waals surface area contributed by atoms with Crippen molar-refractivity contribution < 1.29 is 14.0 Å². The summed E-state index contributed by atoms with van der Waals surface area (Å²) in [5.74, 6) is 4.10. The number of nitrogens with one attached hydrogen (secondary N) is 1. The molecule has 2 amide bonds. The highest BCUT2D eigenvalue weighted by Crippen LogP contribution is 2.13. The molecule has 0 aliphatic carbocycles. The van der Waals surface area contributed by atoms with Gasteiger partial charge in [-0.2, -0.15) is 0 Å². The zero-order chi connectivity index (χ0) is 16.0. The number of nitrogens with zero attached hydrogens (tertiary/aromatic N) is 2. The molecular weight excluding hydrogens is 275 g/mol. The van der Waals surface area contributed by atoms with Gasteiger partial charge in [-0.25, -0.2) is 10.2 Å². The van der Waals surface area contributed by atoms with Crippen molar-refractivity contribution in [2.24, 2.45) is 5.84 Å². The Hall–Kier alpha value is -1.99. The van der Waals surface area contributed by atoms with Gasteiger partial charge >= 0.3 is 0 Å². The molecule has 0 heterocycles. The van der Waals surface area contributed by atoms with Crippen LogP contribution in [0.5, 0.6) is 0 Å². The van der Waals surface area contributed by atoms with E-state index >= 15 is 0 Å². The van der Waals surface area contributed by atoms with Gasteiger partial charge in [0.05, 0.1) is 6.54 Å². The molecule has 1 aromatic carbocycles. The van der Waals surface area contributed by atoms with Crippen molar-refractivity contribution in [3.05, 3.63) is 35.1 Å².